The highest BCUT2D eigenvalue weighted by Gasteiger charge is 2.41. The lowest BCUT2D eigenvalue weighted by Crippen LogP contribution is -2.04. The molecule has 0 aliphatic heterocycles. The molecule has 0 unspecified atom stereocenters. The third-order valence-corrected chi connectivity index (χ3v) is 4.24. The zero-order chi connectivity index (χ0) is 7.73. The summed E-state index contributed by atoms with van der Waals surface area (Å²) >= 11 is 5.34. The smallest absolute Gasteiger partial charge is 0.0794 e. The SMILES string of the molecule is BrCC1(Cc2cncs2)CC1. The average Bonchev–Trinajstić information content (AvgIpc) is 2.59. The van der Waals surface area contributed by atoms with E-state index in [4.69, 9.17) is 0 Å². The van der Waals surface area contributed by atoms with Crippen molar-refractivity contribution in [1.82, 2.24) is 4.98 Å². The number of hydrogen-bond acceptors (Lipinski definition) is 2. The minimum atomic E-state index is 0.604. The maximum absolute atomic E-state index is 4.07. The van der Waals surface area contributed by atoms with E-state index in [-0.39, 0.29) is 0 Å². The molecule has 1 aromatic rings. The predicted molar refractivity (Wildman–Crippen MR) is 51.3 cm³/mol. The van der Waals surface area contributed by atoms with Crippen LogP contribution < -0.4 is 0 Å². The van der Waals surface area contributed by atoms with E-state index in [2.05, 4.69) is 20.9 Å². The quantitative estimate of drug-likeness (QED) is 0.730. The molecule has 0 radical (unpaired) electrons. The summed E-state index contributed by atoms with van der Waals surface area (Å²) in [6.07, 6.45) is 5.99. The molecule has 1 saturated carbocycles. The molecule has 1 fully saturated rings. The number of rotatable bonds is 3. The number of halogens is 1. The molecule has 0 amide bonds. The van der Waals surface area contributed by atoms with Gasteiger partial charge in [0.15, 0.2) is 0 Å². The number of alkyl halides is 1. The topological polar surface area (TPSA) is 12.9 Å². The van der Waals surface area contributed by atoms with Gasteiger partial charge >= 0.3 is 0 Å². The molecule has 0 N–H and O–H groups in total. The summed E-state index contributed by atoms with van der Waals surface area (Å²) in [6.45, 7) is 0. The van der Waals surface area contributed by atoms with Gasteiger partial charge in [0, 0.05) is 16.4 Å². The van der Waals surface area contributed by atoms with E-state index in [1.54, 1.807) is 11.3 Å². The number of aromatic nitrogens is 1. The molecular weight excluding hydrogens is 222 g/mol. The molecule has 1 aliphatic rings. The van der Waals surface area contributed by atoms with Crippen molar-refractivity contribution in [2.45, 2.75) is 19.3 Å². The van der Waals surface area contributed by atoms with Crippen LogP contribution in [0.25, 0.3) is 0 Å². The van der Waals surface area contributed by atoms with Gasteiger partial charge in [-0.3, -0.25) is 4.98 Å². The molecule has 0 spiro atoms. The van der Waals surface area contributed by atoms with Gasteiger partial charge in [-0.25, -0.2) is 0 Å². The summed E-state index contributed by atoms with van der Waals surface area (Å²) in [6, 6.07) is 0. The van der Waals surface area contributed by atoms with Gasteiger partial charge < -0.3 is 0 Å². The first-order chi connectivity index (χ1) is 5.35. The van der Waals surface area contributed by atoms with Crippen LogP contribution in [0.1, 0.15) is 17.7 Å². The van der Waals surface area contributed by atoms with Crippen LogP contribution in [0.5, 0.6) is 0 Å². The fourth-order valence-corrected chi connectivity index (χ4v) is 2.76. The minimum absolute atomic E-state index is 0.604. The Morgan fingerprint density at radius 3 is 2.91 bits per heavy atom. The molecule has 1 aromatic heterocycles. The van der Waals surface area contributed by atoms with E-state index in [0.717, 1.165) is 5.33 Å². The van der Waals surface area contributed by atoms with Crippen molar-refractivity contribution >= 4 is 27.3 Å². The average molecular weight is 232 g/mol. The second-order valence-electron chi connectivity index (χ2n) is 3.28. The van der Waals surface area contributed by atoms with Gasteiger partial charge in [-0.1, -0.05) is 15.9 Å². The Morgan fingerprint density at radius 2 is 2.45 bits per heavy atom. The van der Waals surface area contributed by atoms with Crippen LogP contribution in [0.3, 0.4) is 0 Å². The monoisotopic (exact) mass is 231 g/mol. The molecule has 3 heteroatoms. The lowest BCUT2D eigenvalue weighted by atomic mass is 10.1. The Morgan fingerprint density at radius 1 is 1.64 bits per heavy atom. The van der Waals surface area contributed by atoms with Gasteiger partial charge in [0.25, 0.3) is 0 Å². The van der Waals surface area contributed by atoms with Crippen molar-refractivity contribution in [3.05, 3.63) is 16.6 Å². The Kier molecular flexibility index (Phi) is 2.02. The Hall–Kier alpha value is 0.110. The fraction of sp³-hybridized carbons (Fsp3) is 0.625. The molecule has 11 heavy (non-hydrogen) atoms. The van der Waals surface area contributed by atoms with E-state index in [0.29, 0.717) is 5.41 Å². The van der Waals surface area contributed by atoms with E-state index in [9.17, 15) is 0 Å². The third kappa shape index (κ3) is 1.64. The summed E-state index contributed by atoms with van der Waals surface area (Å²) in [5.41, 5.74) is 2.52. The summed E-state index contributed by atoms with van der Waals surface area (Å²) < 4.78 is 0. The second kappa shape index (κ2) is 2.87. The van der Waals surface area contributed by atoms with Crippen molar-refractivity contribution in [3.8, 4) is 0 Å². The highest BCUT2D eigenvalue weighted by Crippen LogP contribution is 2.49. The van der Waals surface area contributed by atoms with Crippen molar-refractivity contribution in [1.29, 1.82) is 0 Å². The van der Waals surface area contributed by atoms with Gasteiger partial charge in [-0.2, -0.15) is 0 Å². The van der Waals surface area contributed by atoms with Gasteiger partial charge in [0.1, 0.15) is 0 Å². The van der Waals surface area contributed by atoms with Gasteiger partial charge in [-0.15, -0.1) is 11.3 Å². The van der Waals surface area contributed by atoms with Gasteiger partial charge in [-0.05, 0) is 24.7 Å². The fourth-order valence-electron chi connectivity index (χ4n) is 1.23. The largest absolute Gasteiger partial charge is 0.253 e. The van der Waals surface area contributed by atoms with Gasteiger partial charge in [0.05, 0.1) is 5.51 Å². The first kappa shape index (κ1) is 7.74. The number of hydrogen-bond donors (Lipinski definition) is 0. The zero-order valence-corrected chi connectivity index (χ0v) is 8.62. The third-order valence-electron chi connectivity index (χ3n) is 2.27. The van der Waals surface area contributed by atoms with Crippen LogP contribution in [0.15, 0.2) is 11.7 Å². The van der Waals surface area contributed by atoms with Crippen molar-refractivity contribution < 1.29 is 0 Å². The summed E-state index contributed by atoms with van der Waals surface area (Å²) in [5, 5.41) is 1.15. The van der Waals surface area contributed by atoms with Crippen LogP contribution in [-0.2, 0) is 6.42 Å². The molecule has 1 aliphatic carbocycles. The van der Waals surface area contributed by atoms with Crippen molar-refractivity contribution in [2.24, 2.45) is 5.41 Å². The van der Waals surface area contributed by atoms with Crippen LogP contribution >= 0.6 is 27.3 Å². The number of thiazole rings is 1. The van der Waals surface area contributed by atoms with E-state index >= 15 is 0 Å². The van der Waals surface area contributed by atoms with Gasteiger partial charge in [0.2, 0.25) is 0 Å². The highest BCUT2D eigenvalue weighted by molar-refractivity contribution is 9.09. The molecule has 1 nitrogen and oxygen atoms in total. The lowest BCUT2D eigenvalue weighted by Gasteiger charge is -2.07. The standard InChI is InChI=1S/C8H10BrNS/c9-5-8(1-2-8)3-7-4-10-6-11-7/h4,6H,1-3,5H2. The van der Waals surface area contributed by atoms with Crippen LogP contribution in [0, 0.1) is 5.41 Å². The van der Waals surface area contributed by atoms with Crippen LogP contribution in [-0.4, -0.2) is 10.3 Å². The molecule has 0 aromatic carbocycles. The molecule has 0 saturated heterocycles. The second-order valence-corrected chi connectivity index (χ2v) is 4.81. The van der Waals surface area contributed by atoms with Crippen molar-refractivity contribution in [2.75, 3.05) is 5.33 Å². The Bertz CT molecular complexity index is 228. The van der Waals surface area contributed by atoms with Crippen molar-refractivity contribution in [3.63, 3.8) is 0 Å². The Labute approximate surface area is 79.0 Å². The summed E-state index contributed by atoms with van der Waals surface area (Å²) in [4.78, 5) is 5.50. The normalized spacial score (nSPS) is 20.1. The maximum atomic E-state index is 4.07. The maximum Gasteiger partial charge on any atom is 0.0794 e. The summed E-state index contributed by atoms with van der Waals surface area (Å²) in [5.74, 6) is 0. The van der Waals surface area contributed by atoms with Crippen LogP contribution in [0.2, 0.25) is 0 Å². The van der Waals surface area contributed by atoms with E-state index in [1.807, 2.05) is 11.7 Å². The molecule has 1 heterocycles. The lowest BCUT2D eigenvalue weighted by molar-refractivity contribution is 0.592. The zero-order valence-electron chi connectivity index (χ0n) is 6.22. The highest BCUT2D eigenvalue weighted by atomic mass is 79.9. The summed E-state index contributed by atoms with van der Waals surface area (Å²) in [7, 11) is 0. The first-order valence-electron chi connectivity index (χ1n) is 3.78. The van der Waals surface area contributed by atoms with E-state index < -0.39 is 0 Å². The molecule has 0 atom stereocenters. The molecule has 60 valence electrons. The number of nitrogens with zero attached hydrogens (tertiary/aromatic N) is 1. The van der Waals surface area contributed by atoms with E-state index in [1.165, 1.54) is 24.1 Å². The molecular formula is C8H10BrNS. The Balaban J connectivity index is 2.01. The van der Waals surface area contributed by atoms with Crippen LogP contribution in [0.4, 0.5) is 0 Å². The first-order valence-corrected chi connectivity index (χ1v) is 5.78. The minimum Gasteiger partial charge on any atom is -0.253 e. The molecule has 0 bridgehead atoms. The molecule has 2 rings (SSSR count). The predicted octanol–water partition coefficient (Wildman–Crippen LogP) is 2.86.